The number of aliphatic hydroxyl groups is 1. The number of aliphatic hydroxyl groups excluding tert-OH is 1. The number of aryl methyl sites for hydroxylation is 2. The van der Waals surface area contributed by atoms with Crippen molar-refractivity contribution in [1.29, 1.82) is 0 Å². The van der Waals surface area contributed by atoms with Crippen LogP contribution < -0.4 is 15.6 Å². The first kappa shape index (κ1) is 28.4. The van der Waals surface area contributed by atoms with Crippen LogP contribution in [0.5, 0.6) is 5.88 Å². The second-order valence-electron chi connectivity index (χ2n) is 9.20. The van der Waals surface area contributed by atoms with E-state index in [4.69, 9.17) is 4.74 Å². The second-order valence-corrected chi connectivity index (χ2v) is 10.00. The van der Waals surface area contributed by atoms with Crippen LogP contribution >= 0.6 is 15.9 Å². The molecule has 1 aliphatic heterocycles. The quantitative estimate of drug-likeness (QED) is 0.408. The molecule has 1 aliphatic rings. The van der Waals surface area contributed by atoms with E-state index in [1.165, 1.54) is 16.7 Å². The summed E-state index contributed by atoms with van der Waals surface area (Å²) < 4.78 is 34.0. The third-order valence-corrected chi connectivity index (χ3v) is 7.09. The average molecular weight is 605 g/mol. The summed E-state index contributed by atoms with van der Waals surface area (Å²) in [6, 6.07) is 7.83. The number of nitrogens with one attached hydrogen (secondary N) is 1. The highest BCUT2D eigenvalue weighted by molar-refractivity contribution is 9.10. The van der Waals surface area contributed by atoms with Crippen LogP contribution in [0.3, 0.4) is 0 Å². The minimum Gasteiger partial charge on any atom is -0.472 e. The van der Waals surface area contributed by atoms with Gasteiger partial charge in [-0.25, -0.2) is 8.78 Å². The molecule has 206 valence electrons. The van der Waals surface area contributed by atoms with Gasteiger partial charge in [0.1, 0.15) is 34.6 Å². The van der Waals surface area contributed by atoms with Crippen LogP contribution in [0.15, 0.2) is 45.7 Å². The summed E-state index contributed by atoms with van der Waals surface area (Å²) >= 11 is 3.20. The summed E-state index contributed by atoms with van der Waals surface area (Å²) in [6.07, 6.45) is 0.430. The maximum Gasteiger partial charge on any atom is 0.276 e. The van der Waals surface area contributed by atoms with Crippen LogP contribution in [0, 0.1) is 25.5 Å². The lowest BCUT2D eigenvalue weighted by molar-refractivity contribution is -0.138. The van der Waals surface area contributed by atoms with Crippen molar-refractivity contribution < 1.29 is 28.2 Å². The smallest absolute Gasteiger partial charge is 0.276 e. The zero-order valence-corrected chi connectivity index (χ0v) is 22.9. The molecule has 0 bridgehead atoms. The Balaban J connectivity index is 1.52. The van der Waals surface area contributed by atoms with Crippen molar-refractivity contribution in [2.75, 3.05) is 19.6 Å². The number of aromatic nitrogens is 2. The number of benzene rings is 2. The van der Waals surface area contributed by atoms with E-state index in [2.05, 4.69) is 26.2 Å². The minimum absolute atomic E-state index is 0.0200. The van der Waals surface area contributed by atoms with E-state index >= 15 is 0 Å². The first-order valence-corrected chi connectivity index (χ1v) is 13.1. The first-order chi connectivity index (χ1) is 18.6. The van der Waals surface area contributed by atoms with Gasteiger partial charge in [0.2, 0.25) is 5.88 Å². The molecule has 1 aromatic heterocycles. The van der Waals surface area contributed by atoms with Crippen molar-refractivity contribution in [3.05, 3.63) is 85.4 Å². The molecule has 4 rings (SSSR count). The number of nitrogens with zero attached hydrogens (tertiary/aromatic N) is 3. The van der Waals surface area contributed by atoms with E-state index in [1.54, 1.807) is 30.9 Å². The van der Waals surface area contributed by atoms with Gasteiger partial charge in [0.15, 0.2) is 0 Å². The van der Waals surface area contributed by atoms with Gasteiger partial charge in [-0.3, -0.25) is 19.0 Å². The molecule has 9 nitrogen and oxygen atoms in total. The fraction of sp³-hybridized carbons (Fsp3) is 0.333. The second kappa shape index (κ2) is 12.0. The van der Waals surface area contributed by atoms with Gasteiger partial charge < -0.3 is 20.1 Å². The molecule has 2 aromatic carbocycles. The van der Waals surface area contributed by atoms with Crippen LogP contribution in [0.2, 0.25) is 0 Å². The van der Waals surface area contributed by atoms with Crippen LogP contribution in [0.1, 0.15) is 40.2 Å². The lowest BCUT2D eigenvalue weighted by atomic mass is 10.1. The Bertz CT molecular complexity index is 1470. The minimum atomic E-state index is -1.35. The third kappa shape index (κ3) is 6.34. The lowest BCUT2D eigenvalue weighted by Crippen LogP contribution is -2.43. The Morgan fingerprint density at radius 3 is 2.56 bits per heavy atom. The van der Waals surface area contributed by atoms with Gasteiger partial charge in [0.05, 0.1) is 12.2 Å². The monoisotopic (exact) mass is 604 g/mol. The number of halogens is 3. The molecule has 12 heteroatoms. The summed E-state index contributed by atoms with van der Waals surface area (Å²) in [6.45, 7) is 4.00. The van der Waals surface area contributed by atoms with Crippen molar-refractivity contribution in [2.24, 2.45) is 0 Å². The Morgan fingerprint density at radius 2 is 1.87 bits per heavy atom. The molecule has 0 aliphatic carbocycles. The maximum atomic E-state index is 14.0. The zero-order valence-electron chi connectivity index (χ0n) is 21.3. The zero-order chi connectivity index (χ0) is 28.3. The van der Waals surface area contributed by atoms with Crippen molar-refractivity contribution in [3.8, 4) is 11.6 Å². The Labute approximate surface area is 231 Å². The van der Waals surface area contributed by atoms with E-state index in [1.807, 2.05) is 0 Å². The summed E-state index contributed by atoms with van der Waals surface area (Å²) in [4.78, 5) is 44.3. The van der Waals surface area contributed by atoms with Gasteiger partial charge in [-0.15, -0.1) is 0 Å². The molecule has 1 unspecified atom stereocenters. The number of hydrogen-bond acceptors (Lipinski definition) is 6. The highest BCUT2D eigenvalue weighted by Crippen LogP contribution is 2.24. The van der Waals surface area contributed by atoms with E-state index in [9.17, 15) is 28.3 Å². The van der Waals surface area contributed by atoms with E-state index in [0.717, 1.165) is 25.0 Å². The topological polar surface area (TPSA) is 114 Å². The number of ether oxygens (including phenoxy) is 1. The molecule has 2 N–H and O–H groups in total. The molecule has 0 radical (unpaired) electrons. The summed E-state index contributed by atoms with van der Waals surface area (Å²) in [5.41, 5.74) is 0.851. The van der Waals surface area contributed by atoms with E-state index in [-0.39, 0.29) is 40.5 Å². The summed E-state index contributed by atoms with van der Waals surface area (Å²) in [5, 5.41) is 12.8. The highest BCUT2D eigenvalue weighted by atomic mass is 79.9. The Morgan fingerprint density at radius 1 is 1.15 bits per heavy atom. The van der Waals surface area contributed by atoms with E-state index in [0.29, 0.717) is 24.3 Å². The molecular formula is C27H27BrF2N4O5. The number of hydrogen-bond donors (Lipinski definition) is 2. The third-order valence-electron chi connectivity index (χ3n) is 6.42. The van der Waals surface area contributed by atoms with Crippen molar-refractivity contribution in [3.63, 3.8) is 0 Å². The standard InChI is InChI=1S/C27H27BrF2N4O5/c1-15-5-6-17(24(36)31-13-22(35)26(37)33-9-3-4-10-33)11-21(15)34-16(2)32-25(23(28)27(34)38)39-14-18-7-8-19(29)12-20(18)30/h5-8,11-12,22,35H,3-4,9-10,13-14H2,1-2H3,(H,31,36). The van der Waals surface area contributed by atoms with E-state index < -0.39 is 35.1 Å². The summed E-state index contributed by atoms with van der Waals surface area (Å²) in [7, 11) is 0. The molecule has 1 fully saturated rings. The maximum absolute atomic E-state index is 14.0. The fourth-order valence-corrected chi connectivity index (χ4v) is 4.65. The molecule has 1 saturated heterocycles. The Kier molecular flexibility index (Phi) is 8.76. The van der Waals surface area contributed by atoms with Crippen molar-refractivity contribution >= 4 is 27.7 Å². The lowest BCUT2D eigenvalue weighted by Gasteiger charge is -2.20. The highest BCUT2D eigenvalue weighted by Gasteiger charge is 2.25. The molecule has 39 heavy (non-hydrogen) atoms. The van der Waals surface area contributed by atoms with Crippen LogP contribution in [-0.4, -0.2) is 57.1 Å². The van der Waals surface area contributed by atoms with Gasteiger partial charge >= 0.3 is 0 Å². The van der Waals surface area contributed by atoms with Gasteiger partial charge in [0.25, 0.3) is 17.4 Å². The molecule has 1 atom stereocenters. The van der Waals surface area contributed by atoms with Crippen LogP contribution in [-0.2, 0) is 11.4 Å². The predicted molar refractivity (Wildman–Crippen MR) is 142 cm³/mol. The number of likely N-dealkylation sites (tertiary alicyclic amines) is 1. The fourth-order valence-electron chi connectivity index (χ4n) is 4.27. The van der Waals surface area contributed by atoms with Crippen LogP contribution in [0.4, 0.5) is 8.78 Å². The normalized spacial score (nSPS) is 13.8. The SMILES string of the molecule is Cc1ccc(C(=O)NCC(O)C(=O)N2CCCC2)cc1-n1c(C)nc(OCc2ccc(F)cc2F)c(Br)c1=O. The Hall–Kier alpha value is -3.64. The molecule has 2 heterocycles. The largest absolute Gasteiger partial charge is 0.472 e. The predicted octanol–water partition coefficient (Wildman–Crippen LogP) is 3.18. The van der Waals surface area contributed by atoms with Crippen LogP contribution in [0.25, 0.3) is 5.69 Å². The van der Waals surface area contributed by atoms with Gasteiger partial charge in [-0.2, -0.15) is 4.98 Å². The van der Waals surface area contributed by atoms with Crippen molar-refractivity contribution in [2.45, 2.75) is 39.4 Å². The first-order valence-electron chi connectivity index (χ1n) is 12.3. The number of carbonyl (C=O) groups is 2. The molecule has 2 amide bonds. The molecule has 0 saturated carbocycles. The number of carbonyl (C=O) groups excluding carboxylic acids is 2. The number of rotatable bonds is 8. The van der Waals surface area contributed by atoms with Crippen molar-refractivity contribution in [1.82, 2.24) is 19.8 Å². The summed E-state index contributed by atoms with van der Waals surface area (Å²) in [5.74, 6) is -2.27. The van der Waals surface area contributed by atoms with Gasteiger partial charge in [0, 0.05) is 30.3 Å². The van der Waals surface area contributed by atoms with Gasteiger partial charge in [-0.05, 0) is 72.4 Å². The molecule has 0 spiro atoms. The molecule has 3 aromatic rings. The number of amides is 2. The average Bonchev–Trinajstić information content (AvgIpc) is 3.45. The molecular weight excluding hydrogens is 578 g/mol. The van der Waals surface area contributed by atoms with Gasteiger partial charge in [-0.1, -0.05) is 6.07 Å².